The number of likely N-dealkylation sites (N-methyl/N-ethyl adjacent to an activating group) is 1. The van der Waals surface area contributed by atoms with E-state index in [1.807, 2.05) is 0 Å². The number of nitrogens with zero attached hydrogens (tertiary/aromatic N) is 2. The standard InChI is InChI=1S/C18H30N2O.ClH/c1-19-4-6-20(7-5-19)13-17(21)18-10-14-2-3-15(11-18)9-16(8-14)12-18;/h14-16H,2-13H2,1H3;1H. The van der Waals surface area contributed by atoms with Crippen molar-refractivity contribution >= 4 is 18.2 Å². The Morgan fingerprint density at radius 1 is 0.955 bits per heavy atom. The molecule has 0 aromatic rings. The summed E-state index contributed by atoms with van der Waals surface area (Å²) in [6, 6.07) is 0. The van der Waals surface area contributed by atoms with Crippen LogP contribution in [0.1, 0.15) is 44.9 Å². The van der Waals surface area contributed by atoms with Gasteiger partial charge in [-0.2, -0.15) is 0 Å². The van der Waals surface area contributed by atoms with Gasteiger partial charge in [0.1, 0.15) is 0 Å². The van der Waals surface area contributed by atoms with Crippen molar-refractivity contribution in [2.24, 2.45) is 23.2 Å². The van der Waals surface area contributed by atoms with E-state index in [1.54, 1.807) is 0 Å². The van der Waals surface area contributed by atoms with Gasteiger partial charge in [-0.05, 0) is 56.9 Å². The van der Waals surface area contributed by atoms with E-state index in [9.17, 15) is 4.79 Å². The van der Waals surface area contributed by atoms with Crippen LogP contribution in [0, 0.1) is 23.2 Å². The zero-order valence-electron chi connectivity index (χ0n) is 13.9. The fraction of sp³-hybridized carbons (Fsp3) is 0.944. The average molecular weight is 327 g/mol. The van der Waals surface area contributed by atoms with Crippen LogP contribution < -0.4 is 0 Å². The zero-order chi connectivity index (χ0) is 14.4. The molecule has 4 saturated carbocycles. The Kier molecular flexibility index (Phi) is 4.87. The van der Waals surface area contributed by atoms with Gasteiger partial charge in [-0.1, -0.05) is 12.8 Å². The van der Waals surface area contributed by atoms with Gasteiger partial charge in [0.2, 0.25) is 0 Å². The van der Waals surface area contributed by atoms with Crippen molar-refractivity contribution in [3.8, 4) is 0 Å². The molecular formula is C18H31ClN2O. The molecule has 0 radical (unpaired) electrons. The van der Waals surface area contributed by atoms with Gasteiger partial charge < -0.3 is 4.90 Å². The van der Waals surface area contributed by atoms with E-state index in [0.717, 1.165) is 50.5 Å². The number of Topliss-reactive ketones (excluding diaryl/α,β-unsaturated/α-hetero) is 1. The molecule has 4 bridgehead atoms. The largest absolute Gasteiger partial charge is 0.304 e. The smallest absolute Gasteiger partial charge is 0.152 e. The van der Waals surface area contributed by atoms with E-state index in [0.29, 0.717) is 5.78 Å². The Balaban J connectivity index is 0.00000144. The van der Waals surface area contributed by atoms with Gasteiger partial charge >= 0.3 is 0 Å². The van der Waals surface area contributed by atoms with Crippen molar-refractivity contribution in [3.63, 3.8) is 0 Å². The Morgan fingerprint density at radius 2 is 1.50 bits per heavy atom. The molecular weight excluding hydrogens is 296 g/mol. The van der Waals surface area contributed by atoms with Gasteiger partial charge in [-0.15, -0.1) is 12.4 Å². The molecule has 22 heavy (non-hydrogen) atoms. The van der Waals surface area contributed by atoms with Crippen LogP contribution in [0.2, 0.25) is 0 Å². The van der Waals surface area contributed by atoms with Crippen molar-refractivity contribution in [2.75, 3.05) is 39.8 Å². The monoisotopic (exact) mass is 326 g/mol. The first-order valence-corrected chi connectivity index (χ1v) is 9.07. The predicted molar refractivity (Wildman–Crippen MR) is 91.4 cm³/mol. The summed E-state index contributed by atoms with van der Waals surface area (Å²) in [6.07, 6.45) is 9.36. The number of rotatable bonds is 3. The number of carbonyl (C=O) groups excluding carboxylic acids is 1. The average Bonchev–Trinajstić information content (AvgIpc) is 2.68. The lowest BCUT2D eigenvalue weighted by Gasteiger charge is -2.48. The van der Waals surface area contributed by atoms with Gasteiger partial charge in [0.05, 0.1) is 6.54 Å². The Hall–Kier alpha value is -0.120. The van der Waals surface area contributed by atoms with Gasteiger partial charge in [0.25, 0.3) is 0 Å². The molecule has 1 heterocycles. The third-order valence-electron chi connectivity index (χ3n) is 6.91. The fourth-order valence-electron chi connectivity index (χ4n) is 5.91. The maximum Gasteiger partial charge on any atom is 0.152 e. The minimum absolute atomic E-state index is 0. The van der Waals surface area contributed by atoms with Crippen LogP contribution in [0.5, 0.6) is 0 Å². The Bertz CT molecular complexity index is 403. The summed E-state index contributed by atoms with van der Waals surface area (Å²) in [6.45, 7) is 5.13. The highest BCUT2D eigenvalue weighted by Crippen LogP contribution is 2.58. The summed E-state index contributed by atoms with van der Waals surface area (Å²) in [7, 11) is 2.18. The summed E-state index contributed by atoms with van der Waals surface area (Å²) in [5.41, 5.74) is 0.0936. The van der Waals surface area contributed by atoms with Gasteiger partial charge in [-0.25, -0.2) is 0 Å². The molecule has 1 saturated heterocycles. The topological polar surface area (TPSA) is 23.6 Å². The van der Waals surface area contributed by atoms with Crippen LogP contribution in [0.15, 0.2) is 0 Å². The number of piperazine rings is 1. The highest BCUT2D eigenvalue weighted by molar-refractivity contribution is 5.87. The molecule has 5 fully saturated rings. The van der Waals surface area contributed by atoms with E-state index in [4.69, 9.17) is 0 Å². The molecule has 4 heteroatoms. The quantitative estimate of drug-likeness (QED) is 0.797. The van der Waals surface area contributed by atoms with Crippen molar-refractivity contribution in [1.29, 1.82) is 0 Å². The lowest BCUT2D eigenvalue weighted by Crippen LogP contribution is -2.51. The number of carbonyl (C=O) groups is 1. The van der Waals surface area contributed by atoms with Gasteiger partial charge in [0.15, 0.2) is 5.78 Å². The third kappa shape index (κ3) is 3.09. The maximum atomic E-state index is 13.1. The third-order valence-corrected chi connectivity index (χ3v) is 6.91. The van der Waals surface area contributed by atoms with E-state index in [1.165, 1.54) is 44.9 Å². The SMILES string of the molecule is CN1CCN(CC(=O)C23CC4CCC(CC(C4)C2)C3)CC1.Cl. The first kappa shape index (κ1) is 16.7. The van der Waals surface area contributed by atoms with E-state index < -0.39 is 0 Å². The fourth-order valence-corrected chi connectivity index (χ4v) is 5.91. The lowest BCUT2D eigenvalue weighted by atomic mass is 9.57. The molecule has 0 amide bonds. The molecule has 2 unspecified atom stereocenters. The molecule has 0 aromatic heterocycles. The molecule has 4 aliphatic carbocycles. The van der Waals surface area contributed by atoms with Crippen LogP contribution in [0.3, 0.4) is 0 Å². The normalized spacial score (nSPS) is 42.0. The Morgan fingerprint density at radius 3 is 2.09 bits per heavy atom. The second kappa shape index (κ2) is 6.41. The summed E-state index contributed by atoms with van der Waals surface area (Å²) in [4.78, 5) is 17.9. The number of hydrogen-bond acceptors (Lipinski definition) is 3. The van der Waals surface area contributed by atoms with Crippen LogP contribution in [0.4, 0.5) is 0 Å². The number of fused-ring (bicyclic) bond motifs is 1. The zero-order valence-corrected chi connectivity index (χ0v) is 14.7. The van der Waals surface area contributed by atoms with Crippen molar-refractivity contribution < 1.29 is 4.79 Å². The molecule has 5 aliphatic rings. The van der Waals surface area contributed by atoms with Crippen LogP contribution in [0.25, 0.3) is 0 Å². The van der Waals surface area contributed by atoms with Crippen molar-refractivity contribution in [2.45, 2.75) is 44.9 Å². The first-order valence-electron chi connectivity index (χ1n) is 9.07. The molecule has 2 atom stereocenters. The summed E-state index contributed by atoms with van der Waals surface area (Å²) in [5.74, 6) is 3.22. The van der Waals surface area contributed by atoms with Crippen LogP contribution >= 0.6 is 12.4 Å². The Labute approximate surface area is 141 Å². The summed E-state index contributed by atoms with van der Waals surface area (Å²) in [5, 5.41) is 0. The molecule has 126 valence electrons. The van der Waals surface area contributed by atoms with Gasteiger partial charge in [-0.3, -0.25) is 9.69 Å². The minimum Gasteiger partial charge on any atom is -0.304 e. The minimum atomic E-state index is 0. The van der Waals surface area contributed by atoms with Crippen molar-refractivity contribution in [3.05, 3.63) is 0 Å². The molecule has 3 nitrogen and oxygen atoms in total. The second-order valence-corrected chi connectivity index (χ2v) is 8.54. The lowest BCUT2D eigenvalue weighted by molar-refractivity contribution is -0.137. The molecule has 0 N–H and O–H groups in total. The van der Waals surface area contributed by atoms with E-state index in [2.05, 4.69) is 16.8 Å². The van der Waals surface area contributed by atoms with Gasteiger partial charge in [0, 0.05) is 31.6 Å². The van der Waals surface area contributed by atoms with E-state index in [-0.39, 0.29) is 17.8 Å². The summed E-state index contributed by atoms with van der Waals surface area (Å²) < 4.78 is 0. The highest BCUT2D eigenvalue weighted by Gasteiger charge is 2.52. The second-order valence-electron chi connectivity index (χ2n) is 8.54. The molecule has 0 aromatic carbocycles. The molecule has 0 spiro atoms. The first-order chi connectivity index (χ1) is 10.1. The number of hydrogen-bond donors (Lipinski definition) is 0. The van der Waals surface area contributed by atoms with Crippen LogP contribution in [-0.4, -0.2) is 55.4 Å². The summed E-state index contributed by atoms with van der Waals surface area (Å²) >= 11 is 0. The van der Waals surface area contributed by atoms with Crippen LogP contribution in [-0.2, 0) is 4.79 Å². The maximum absolute atomic E-state index is 13.1. The predicted octanol–water partition coefficient (Wildman–Crippen LogP) is 2.83. The highest BCUT2D eigenvalue weighted by atomic mass is 35.5. The molecule has 5 rings (SSSR count). The number of ketones is 1. The number of halogens is 1. The van der Waals surface area contributed by atoms with Crippen molar-refractivity contribution in [1.82, 2.24) is 9.80 Å². The van der Waals surface area contributed by atoms with E-state index >= 15 is 0 Å². The molecule has 1 aliphatic heterocycles.